The lowest BCUT2D eigenvalue weighted by Gasteiger charge is -2.06. The van der Waals surface area contributed by atoms with Crippen LogP contribution >= 0.6 is 0 Å². The van der Waals surface area contributed by atoms with E-state index in [0.717, 1.165) is 22.3 Å². The van der Waals surface area contributed by atoms with Crippen LogP contribution in [-0.4, -0.2) is 26.6 Å². The summed E-state index contributed by atoms with van der Waals surface area (Å²) in [6.45, 7) is 0. The van der Waals surface area contributed by atoms with Crippen molar-refractivity contribution < 1.29 is 9.63 Å². The zero-order chi connectivity index (χ0) is 16.4. The molecule has 3 rings (SSSR count). The number of nitrogen functional groups attached to an aromatic ring is 1. The molecule has 0 spiro atoms. The van der Waals surface area contributed by atoms with E-state index in [-0.39, 0.29) is 5.91 Å². The molecular weight excluding hydrogens is 289 g/mol. The largest absolute Gasteiger partial charge is 0.399 e. The zero-order valence-electron chi connectivity index (χ0n) is 13.0. The van der Waals surface area contributed by atoms with Crippen molar-refractivity contribution in [1.29, 1.82) is 0 Å². The van der Waals surface area contributed by atoms with Crippen LogP contribution in [0.3, 0.4) is 0 Å². The molecule has 0 atom stereocenters. The van der Waals surface area contributed by atoms with Crippen LogP contribution in [0.5, 0.6) is 0 Å². The van der Waals surface area contributed by atoms with Crippen LogP contribution in [0.2, 0.25) is 0 Å². The first-order chi connectivity index (χ1) is 11.1. The van der Waals surface area contributed by atoms with Crippen molar-refractivity contribution in [3.8, 4) is 0 Å². The number of amides is 1. The van der Waals surface area contributed by atoms with E-state index in [1.165, 1.54) is 7.11 Å². The molecule has 5 nitrogen and oxygen atoms in total. The molecule has 23 heavy (non-hydrogen) atoms. The van der Waals surface area contributed by atoms with E-state index in [1.807, 2.05) is 44.2 Å². The second-order valence-corrected chi connectivity index (χ2v) is 5.31. The van der Waals surface area contributed by atoms with E-state index in [0.29, 0.717) is 17.0 Å². The highest BCUT2D eigenvalue weighted by Crippen LogP contribution is 2.31. The van der Waals surface area contributed by atoms with E-state index < -0.39 is 0 Å². The molecule has 6 heteroatoms. The fourth-order valence-electron chi connectivity index (χ4n) is 2.57. The van der Waals surface area contributed by atoms with Crippen LogP contribution in [0.4, 0.5) is 11.4 Å². The van der Waals surface area contributed by atoms with Gasteiger partial charge in [-0.2, -0.15) is 0 Å². The Morgan fingerprint density at radius 3 is 2.83 bits per heavy atom. The van der Waals surface area contributed by atoms with Gasteiger partial charge in [0.15, 0.2) is 0 Å². The lowest BCUT2D eigenvalue weighted by atomic mass is 9.93. The summed E-state index contributed by atoms with van der Waals surface area (Å²) in [5.74, 6) is -0.163. The molecule has 0 fully saturated rings. The Kier molecular flexibility index (Phi) is 3.89. The van der Waals surface area contributed by atoms with Crippen LogP contribution in [0, 0.1) is 0 Å². The molecule has 1 heterocycles. The smallest absolute Gasteiger partial charge is 0.256 e. The van der Waals surface area contributed by atoms with E-state index in [4.69, 9.17) is 10.6 Å². The number of carbonyl (C=O) groups excluding carboxylic acids is 1. The third-order valence-electron chi connectivity index (χ3n) is 3.67. The van der Waals surface area contributed by atoms with Crippen molar-refractivity contribution >= 4 is 41.9 Å². The number of benzene rings is 2. The van der Waals surface area contributed by atoms with Crippen LogP contribution in [0.1, 0.15) is 11.1 Å². The molecular formula is C17H16BN3O2. The fourth-order valence-corrected chi connectivity index (χ4v) is 2.57. The fraction of sp³-hybridized carbons (Fsp3) is 0.0588. The van der Waals surface area contributed by atoms with Crippen molar-refractivity contribution in [2.75, 3.05) is 18.2 Å². The van der Waals surface area contributed by atoms with Gasteiger partial charge in [0.05, 0.1) is 5.57 Å². The van der Waals surface area contributed by atoms with Gasteiger partial charge in [0, 0.05) is 22.5 Å². The number of rotatable bonds is 3. The number of para-hydroxylation sites is 1. The molecule has 1 aliphatic rings. The van der Waals surface area contributed by atoms with Crippen LogP contribution in [0.25, 0.3) is 5.57 Å². The first-order valence-corrected chi connectivity index (χ1v) is 7.20. The van der Waals surface area contributed by atoms with Crippen molar-refractivity contribution in [2.45, 2.75) is 0 Å². The Balaban J connectivity index is 2.11. The first kappa shape index (κ1) is 14.9. The second kappa shape index (κ2) is 6.00. The van der Waals surface area contributed by atoms with Crippen molar-refractivity contribution in [3.05, 3.63) is 59.7 Å². The highest BCUT2D eigenvalue weighted by Gasteiger charge is 2.25. The Hall–Kier alpha value is -3.02. The minimum Gasteiger partial charge on any atom is -0.399 e. The Labute approximate surface area is 135 Å². The molecule has 0 saturated carbocycles. The van der Waals surface area contributed by atoms with E-state index >= 15 is 0 Å². The summed E-state index contributed by atoms with van der Waals surface area (Å²) < 4.78 is 0. The minimum absolute atomic E-state index is 0.163. The van der Waals surface area contributed by atoms with E-state index in [2.05, 4.69) is 10.5 Å². The summed E-state index contributed by atoms with van der Waals surface area (Å²) in [5.41, 5.74) is 11.1. The maximum atomic E-state index is 12.3. The van der Waals surface area contributed by atoms with Crippen LogP contribution < -0.4 is 16.5 Å². The molecule has 0 aromatic heterocycles. The third-order valence-corrected chi connectivity index (χ3v) is 3.67. The summed E-state index contributed by atoms with van der Waals surface area (Å²) in [4.78, 5) is 17.2. The highest BCUT2D eigenvalue weighted by molar-refractivity contribution is 6.38. The molecule has 0 bridgehead atoms. The number of anilines is 2. The number of hydrogen-bond donors (Lipinski definition) is 2. The van der Waals surface area contributed by atoms with E-state index in [9.17, 15) is 4.79 Å². The van der Waals surface area contributed by atoms with Gasteiger partial charge < -0.3 is 15.9 Å². The average Bonchev–Trinajstić information content (AvgIpc) is 2.82. The SMILES string of the molecule is Bc1ccc2c(c1)NC(=O)/C2=C/C(=N/OC)c1ccccc1N. The number of hydrogen-bond acceptors (Lipinski definition) is 4. The van der Waals surface area contributed by atoms with Gasteiger partial charge in [-0.25, -0.2) is 0 Å². The maximum absolute atomic E-state index is 12.3. The zero-order valence-corrected chi connectivity index (χ0v) is 13.0. The van der Waals surface area contributed by atoms with Gasteiger partial charge in [-0.3, -0.25) is 4.79 Å². The standard InChI is InChI=1S/C17H16BN3O2/c1-23-21-16(12-4-2-3-5-14(12)19)9-13-11-7-6-10(18)8-15(11)20-17(13)22/h2-9H,18-19H2,1H3,(H,20,22)/b13-9+,21-16-. The normalized spacial score (nSPS) is 15.4. The van der Waals surface area contributed by atoms with E-state index in [1.54, 1.807) is 12.1 Å². The van der Waals surface area contributed by atoms with Gasteiger partial charge in [0.25, 0.3) is 5.91 Å². The number of nitrogens with one attached hydrogen (secondary N) is 1. The number of oxime groups is 1. The minimum atomic E-state index is -0.163. The summed E-state index contributed by atoms with van der Waals surface area (Å²) in [5, 5.41) is 6.89. The summed E-state index contributed by atoms with van der Waals surface area (Å²) in [7, 11) is 3.44. The summed E-state index contributed by atoms with van der Waals surface area (Å²) in [6, 6.07) is 13.2. The van der Waals surface area contributed by atoms with Gasteiger partial charge in [-0.1, -0.05) is 41.0 Å². The molecule has 1 amide bonds. The molecule has 0 unspecified atom stereocenters. The number of nitrogens with zero attached hydrogens (tertiary/aromatic N) is 1. The lowest BCUT2D eigenvalue weighted by molar-refractivity contribution is -0.110. The number of allylic oxidation sites excluding steroid dienone is 1. The molecule has 0 radical (unpaired) electrons. The quantitative estimate of drug-likeness (QED) is 0.291. The average molecular weight is 305 g/mol. The summed E-state index contributed by atoms with van der Waals surface area (Å²) in [6.07, 6.45) is 1.70. The molecule has 2 aromatic rings. The molecule has 0 aliphatic carbocycles. The predicted octanol–water partition coefficient (Wildman–Crippen LogP) is 0.913. The molecule has 114 valence electrons. The number of carbonyl (C=O) groups is 1. The molecule has 0 saturated heterocycles. The number of nitrogens with two attached hydrogens (primary N) is 1. The van der Waals surface area contributed by atoms with Gasteiger partial charge in [0.1, 0.15) is 20.7 Å². The highest BCUT2D eigenvalue weighted by atomic mass is 16.6. The Morgan fingerprint density at radius 2 is 2.09 bits per heavy atom. The second-order valence-electron chi connectivity index (χ2n) is 5.31. The number of fused-ring (bicyclic) bond motifs is 1. The summed E-state index contributed by atoms with van der Waals surface area (Å²) >= 11 is 0. The topological polar surface area (TPSA) is 76.7 Å². The van der Waals surface area contributed by atoms with Gasteiger partial charge in [-0.15, -0.1) is 0 Å². The van der Waals surface area contributed by atoms with Gasteiger partial charge >= 0.3 is 0 Å². The maximum Gasteiger partial charge on any atom is 0.256 e. The first-order valence-electron chi connectivity index (χ1n) is 7.20. The Bertz CT molecular complexity index is 843. The third kappa shape index (κ3) is 2.83. The van der Waals surface area contributed by atoms with Crippen molar-refractivity contribution in [1.82, 2.24) is 0 Å². The molecule has 3 N–H and O–H groups in total. The molecule has 1 aliphatic heterocycles. The monoisotopic (exact) mass is 305 g/mol. The van der Waals surface area contributed by atoms with Crippen LogP contribution in [-0.2, 0) is 9.63 Å². The van der Waals surface area contributed by atoms with Gasteiger partial charge in [-0.05, 0) is 18.2 Å². The Morgan fingerprint density at radius 1 is 1.30 bits per heavy atom. The lowest BCUT2D eigenvalue weighted by Crippen LogP contribution is -2.08. The van der Waals surface area contributed by atoms with Gasteiger partial charge in [0.2, 0.25) is 0 Å². The van der Waals surface area contributed by atoms with Crippen molar-refractivity contribution in [3.63, 3.8) is 0 Å². The van der Waals surface area contributed by atoms with Crippen LogP contribution in [0.15, 0.2) is 53.7 Å². The molecule has 2 aromatic carbocycles. The predicted molar refractivity (Wildman–Crippen MR) is 95.6 cm³/mol. The van der Waals surface area contributed by atoms with Crippen molar-refractivity contribution in [2.24, 2.45) is 5.16 Å².